The van der Waals surface area contributed by atoms with Crippen molar-refractivity contribution in [3.8, 4) is 11.5 Å². The van der Waals surface area contributed by atoms with Gasteiger partial charge in [0.05, 0.1) is 11.4 Å². The van der Waals surface area contributed by atoms with Crippen LogP contribution >= 0.6 is 23.4 Å². The van der Waals surface area contributed by atoms with Crippen LogP contribution in [0.5, 0.6) is 11.5 Å². The lowest BCUT2D eigenvalue weighted by Gasteiger charge is -2.33. The van der Waals surface area contributed by atoms with Gasteiger partial charge in [0.1, 0.15) is 11.5 Å². The lowest BCUT2D eigenvalue weighted by Crippen LogP contribution is -2.25. The first-order chi connectivity index (χ1) is 15.3. The summed E-state index contributed by atoms with van der Waals surface area (Å²) < 4.78 is 4.72. The average molecular weight is 471 g/mol. The average Bonchev–Trinajstić information content (AvgIpc) is 2.75. The van der Waals surface area contributed by atoms with Crippen LogP contribution in [0.25, 0.3) is 0 Å². The van der Waals surface area contributed by atoms with E-state index in [0.29, 0.717) is 5.75 Å². The Morgan fingerprint density at radius 2 is 1.72 bits per heavy atom. The number of esters is 1. The van der Waals surface area contributed by atoms with E-state index in [1.165, 1.54) is 52.4 Å². The van der Waals surface area contributed by atoms with Crippen molar-refractivity contribution in [3.63, 3.8) is 0 Å². The van der Waals surface area contributed by atoms with Gasteiger partial charge in [0.25, 0.3) is 0 Å². The molecule has 1 aliphatic heterocycles. The van der Waals surface area contributed by atoms with Gasteiger partial charge < -0.3 is 19.6 Å². The maximum absolute atomic E-state index is 10.4. The summed E-state index contributed by atoms with van der Waals surface area (Å²) in [7, 11) is 4.23. The molecule has 0 saturated heterocycles. The Morgan fingerprint density at radius 3 is 2.41 bits per heavy atom. The first-order valence-electron chi connectivity index (χ1n) is 10.3. The number of nitrogens with zero attached hydrogens (tertiary/aromatic N) is 2. The maximum Gasteiger partial charge on any atom is 0.308 e. The van der Waals surface area contributed by atoms with Crippen LogP contribution in [0, 0.1) is 0 Å². The third kappa shape index (κ3) is 6.66. The van der Waals surface area contributed by atoms with Crippen molar-refractivity contribution in [3.05, 3.63) is 71.8 Å². The fourth-order valence-electron chi connectivity index (χ4n) is 3.27. The van der Waals surface area contributed by atoms with Crippen LogP contribution in [-0.4, -0.2) is 43.2 Å². The number of rotatable bonds is 5. The van der Waals surface area contributed by atoms with E-state index < -0.39 is 0 Å². The fraction of sp³-hybridized carbons (Fsp3) is 0.240. The fourth-order valence-corrected chi connectivity index (χ4v) is 4.51. The number of phenols is 1. The maximum atomic E-state index is 10.4. The highest BCUT2D eigenvalue weighted by atomic mass is 35.5. The van der Waals surface area contributed by atoms with Crippen LogP contribution < -0.4 is 9.64 Å². The SMILES string of the molecule is CC(=O)Oc1ccc(O)cc1.CN(C)CCCN1c2ccccc2Sc2ccc(Cl)cc21. The number of benzene rings is 3. The van der Waals surface area contributed by atoms with Crippen LogP contribution in [-0.2, 0) is 4.79 Å². The number of ether oxygens (including phenoxy) is 1. The zero-order valence-corrected chi connectivity index (χ0v) is 20.0. The van der Waals surface area contributed by atoms with Gasteiger partial charge in [0, 0.05) is 28.3 Å². The number of aromatic hydroxyl groups is 1. The lowest BCUT2D eigenvalue weighted by molar-refractivity contribution is -0.131. The Kier molecular flexibility index (Phi) is 8.45. The van der Waals surface area contributed by atoms with E-state index in [1.54, 1.807) is 0 Å². The monoisotopic (exact) mass is 470 g/mol. The molecule has 5 nitrogen and oxygen atoms in total. The van der Waals surface area contributed by atoms with Gasteiger partial charge in [-0.3, -0.25) is 4.79 Å². The van der Waals surface area contributed by atoms with Crippen molar-refractivity contribution < 1.29 is 14.6 Å². The molecule has 4 rings (SSSR count). The van der Waals surface area contributed by atoms with Crippen LogP contribution in [0.2, 0.25) is 5.02 Å². The molecule has 1 heterocycles. The largest absolute Gasteiger partial charge is 0.508 e. The molecule has 0 saturated carbocycles. The molecule has 3 aromatic carbocycles. The molecule has 0 spiro atoms. The highest BCUT2D eigenvalue weighted by Gasteiger charge is 2.22. The topological polar surface area (TPSA) is 53.0 Å². The number of fused-ring (bicyclic) bond motifs is 2. The van der Waals surface area contributed by atoms with E-state index in [1.807, 2.05) is 17.8 Å². The molecule has 0 aromatic heterocycles. The molecule has 168 valence electrons. The van der Waals surface area contributed by atoms with Crippen molar-refractivity contribution in [1.82, 2.24) is 4.90 Å². The van der Waals surface area contributed by atoms with E-state index in [9.17, 15) is 4.79 Å². The first-order valence-corrected chi connectivity index (χ1v) is 11.5. The second kappa shape index (κ2) is 11.3. The van der Waals surface area contributed by atoms with Crippen LogP contribution in [0.3, 0.4) is 0 Å². The molecule has 3 aromatic rings. The van der Waals surface area contributed by atoms with Gasteiger partial charge in [-0.05, 0) is 81.7 Å². The van der Waals surface area contributed by atoms with Gasteiger partial charge in [-0.2, -0.15) is 0 Å². The molecule has 1 N–H and O–H groups in total. The van der Waals surface area contributed by atoms with Crippen LogP contribution in [0.1, 0.15) is 13.3 Å². The number of para-hydroxylation sites is 1. The normalized spacial score (nSPS) is 11.8. The minimum Gasteiger partial charge on any atom is -0.508 e. The Bertz CT molecular complexity index is 1060. The van der Waals surface area contributed by atoms with Crippen molar-refractivity contribution >= 4 is 40.7 Å². The number of phenolic OH excluding ortho intramolecular Hbond substituents is 1. The van der Waals surface area contributed by atoms with E-state index in [-0.39, 0.29) is 11.7 Å². The number of halogens is 1. The third-order valence-electron chi connectivity index (χ3n) is 4.67. The summed E-state index contributed by atoms with van der Waals surface area (Å²) in [4.78, 5) is 17.6. The molecule has 0 amide bonds. The second-order valence-electron chi connectivity index (χ2n) is 7.58. The first kappa shape index (κ1) is 24.0. The van der Waals surface area contributed by atoms with Gasteiger partial charge in [-0.15, -0.1) is 0 Å². The van der Waals surface area contributed by atoms with Gasteiger partial charge in [0.2, 0.25) is 0 Å². The molecule has 7 heteroatoms. The van der Waals surface area contributed by atoms with Gasteiger partial charge in [-0.25, -0.2) is 0 Å². The zero-order valence-electron chi connectivity index (χ0n) is 18.4. The predicted molar refractivity (Wildman–Crippen MR) is 132 cm³/mol. The number of carbonyl (C=O) groups excluding carboxylic acids is 1. The number of hydrogen-bond acceptors (Lipinski definition) is 6. The Labute approximate surface area is 198 Å². The molecule has 0 unspecified atom stereocenters. The minimum absolute atomic E-state index is 0.154. The molecule has 0 radical (unpaired) electrons. The lowest BCUT2D eigenvalue weighted by atomic mass is 10.2. The summed E-state index contributed by atoms with van der Waals surface area (Å²) in [6, 6.07) is 20.7. The molecule has 0 fully saturated rings. The van der Waals surface area contributed by atoms with E-state index >= 15 is 0 Å². The van der Waals surface area contributed by atoms with Crippen molar-refractivity contribution in [2.24, 2.45) is 0 Å². The van der Waals surface area contributed by atoms with Crippen molar-refractivity contribution in [2.75, 3.05) is 32.1 Å². The number of anilines is 2. The predicted octanol–water partition coefficient (Wildman–Crippen LogP) is 6.21. The van der Waals surface area contributed by atoms with Gasteiger partial charge in [0.15, 0.2) is 0 Å². The minimum atomic E-state index is -0.365. The molecule has 0 bridgehead atoms. The number of hydrogen-bond donors (Lipinski definition) is 1. The zero-order chi connectivity index (χ0) is 23.1. The molecule has 32 heavy (non-hydrogen) atoms. The van der Waals surface area contributed by atoms with Gasteiger partial charge >= 0.3 is 5.97 Å². The molecular formula is C25H27ClN2O3S. The van der Waals surface area contributed by atoms with Crippen LogP contribution in [0.4, 0.5) is 11.4 Å². The molecular weight excluding hydrogens is 444 g/mol. The van der Waals surface area contributed by atoms with E-state index in [0.717, 1.165) is 24.5 Å². The highest BCUT2D eigenvalue weighted by Crippen LogP contribution is 2.48. The summed E-state index contributed by atoms with van der Waals surface area (Å²) >= 11 is 8.03. The Balaban J connectivity index is 0.000000222. The summed E-state index contributed by atoms with van der Waals surface area (Å²) in [5, 5.41) is 9.65. The summed E-state index contributed by atoms with van der Waals surface area (Å²) in [6.07, 6.45) is 1.12. The molecule has 0 aliphatic carbocycles. The van der Waals surface area contributed by atoms with Crippen molar-refractivity contribution in [2.45, 2.75) is 23.1 Å². The van der Waals surface area contributed by atoms with Crippen LogP contribution in [0.15, 0.2) is 76.5 Å². The smallest absolute Gasteiger partial charge is 0.308 e. The van der Waals surface area contributed by atoms with E-state index in [2.05, 4.69) is 60.3 Å². The second-order valence-corrected chi connectivity index (χ2v) is 9.10. The Hall–Kier alpha value is -2.67. The standard InChI is InChI=1S/C17H19ClN2S.C8H8O3/c1-19(2)10-5-11-20-14-6-3-4-7-16(14)21-17-9-8-13(18)12-15(17)20;1-6(9)11-8-4-2-7(10)3-5-8/h3-4,6-9,12H,5,10-11H2,1-2H3;2-5,10H,1H3. The quantitative estimate of drug-likeness (QED) is 0.353. The highest BCUT2D eigenvalue weighted by molar-refractivity contribution is 7.99. The summed E-state index contributed by atoms with van der Waals surface area (Å²) in [5.41, 5.74) is 2.51. The third-order valence-corrected chi connectivity index (χ3v) is 6.04. The van der Waals surface area contributed by atoms with E-state index in [4.69, 9.17) is 21.4 Å². The molecule has 1 aliphatic rings. The van der Waals surface area contributed by atoms with Gasteiger partial charge in [-0.1, -0.05) is 35.5 Å². The summed E-state index contributed by atoms with van der Waals surface area (Å²) in [6.45, 7) is 3.41. The Morgan fingerprint density at radius 1 is 1.03 bits per heavy atom. The van der Waals surface area contributed by atoms with Crippen molar-refractivity contribution in [1.29, 1.82) is 0 Å². The number of carbonyl (C=O) groups is 1. The molecule has 0 atom stereocenters. The summed E-state index contributed by atoms with van der Waals surface area (Å²) in [5.74, 6) is 0.229.